The second-order valence-corrected chi connectivity index (χ2v) is 8.61. The van der Waals surface area contributed by atoms with Gasteiger partial charge in [0.15, 0.2) is 0 Å². The Labute approximate surface area is 66.6 Å². The van der Waals surface area contributed by atoms with E-state index in [2.05, 4.69) is 6.08 Å². The van der Waals surface area contributed by atoms with E-state index in [4.69, 9.17) is 0 Å². The van der Waals surface area contributed by atoms with Crippen LogP contribution in [-0.4, -0.2) is 8.80 Å². The predicted octanol–water partition coefficient (Wildman–Crippen LogP) is 1.48. The molecular formula is C10H8Si. The number of fused-ring (bicyclic) bond motifs is 3. The van der Waals surface area contributed by atoms with Gasteiger partial charge in [-0.1, -0.05) is 12.1 Å². The molecule has 4 fully saturated rings. The van der Waals surface area contributed by atoms with Crippen molar-refractivity contribution in [3.8, 4) is 0 Å². The van der Waals surface area contributed by atoms with Crippen molar-refractivity contribution in [2.24, 2.45) is 17.3 Å². The largest absolute Gasteiger partial charge is 0.0790 e. The maximum Gasteiger partial charge on any atom is 0.0499 e. The van der Waals surface area contributed by atoms with Crippen LogP contribution >= 0.6 is 0 Å². The average Bonchev–Trinajstić information content (AvgIpc) is 2.82. The van der Waals surface area contributed by atoms with E-state index in [1.165, 1.54) is 17.0 Å². The second-order valence-electron chi connectivity index (χ2n) is 5.37. The van der Waals surface area contributed by atoms with Crippen LogP contribution in [0.25, 0.3) is 0 Å². The van der Waals surface area contributed by atoms with Gasteiger partial charge in [-0.2, -0.15) is 0 Å². The Morgan fingerprint density at radius 3 is 3.27 bits per heavy atom. The molecule has 52 valence electrons. The van der Waals surface area contributed by atoms with Gasteiger partial charge in [0.2, 0.25) is 0 Å². The molecule has 0 nitrogen and oxygen atoms in total. The van der Waals surface area contributed by atoms with E-state index in [0.717, 1.165) is 11.3 Å². The zero-order chi connectivity index (χ0) is 6.53. The van der Waals surface area contributed by atoms with Gasteiger partial charge in [-0.25, -0.2) is 0 Å². The molecule has 2 aliphatic heterocycles. The van der Waals surface area contributed by atoms with Crippen molar-refractivity contribution in [1.29, 1.82) is 0 Å². The zero-order valence-electron chi connectivity index (χ0n) is 6.17. The van der Waals surface area contributed by atoms with Crippen LogP contribution in [0.2, 0.25) is 17.1 Å². The van der Waals surface area contributed by atoms with E-state index in [9.17, 15) is 0 Å². The first-order valence-electron chi connectivity index (χ1n) is 4.92. The van der Waals surface area contributed by atoms with Gasteiger partial charge in [-0.3, -0.25) is 0 Å². The van der Waals surface area contributed by atoms with Gasteiger partial charge < -0.3 is 0 Å². The molecule has 11 heavy (non-hydrogen) atoms. The van der Waals surface area contributed by atoms with Crippen LogP contribution in [0.4, 0.5) is 0 Å². The number of allylic oxidation sites excluding steroid dienone is 4. The Balaban J connectivity index is 1.85. The molecular weight excluding hydrogens is 148 g/mol. The smallest absolute Gasteiger partial charge is 0.0499 e. The minimum absolute atomic E-state index is 0.0994. The van der Waals surface area contributed by atoms with Gasteiger partial charge in [-0.15, -0.1) is 0 Å². The van der Waals surface area contributed by atoms with Crippen LogP contribution in [0.3, 0.4) is 0 Å². The summed E-state index contributed by atoms with van der Waals surface area (Å²) in [5.74, 6) is 2.30. The van der Waals surface area contributed by atoms with Crippen molar-refractivity contribution >= 4 is 8.80 Å². The highest BCUT2D eigenvalue weighted by atomic mass is 28.3. The molecule has 6 rings (SSSR count). The molecule has 0 aromatic rings. The number of rotatable bonds is 0. The van der Waals surface area contributed by atoms with Crippen molar-refractivity contribution in [1.82, 2.24) is 0 Å². The fourth-order valence-corrected chi connectivity index (χ4v) is 10.7. The van der Waals surface area contributed by atoms with Crippen LogP contribution in [0.1, 0.15) is 0 Å². The molecule has 6 aliphatic rings. The SMILES string of the molecule is C1=C2C3=C(C23)C23C4C[SiH](C12)C43. The lowest BCUT2D eigenvalue weighted by Crippen LogP contribution is -2.39. The maximum absolute atomic E-state index is 2.72. The summed E-state index contributed by atoms with van der Waals surface area (Å²) in [7, 11) is -0.0994. The molecule has 0 aromatic heterocycles. The summed E-state index contributed by atoms with van der Waals surface area (Å²) in [5.41, 5.74) is 9.21. The zero-order valence-corrected chi connectivity index (χ0v) is 7.33. The summed E-state index contributed by atoms with van der Waals surface area (Å²) in [6.45, 7) is 0. The molecule has 2 saturated carbocycles. The maximum atomic E-state index is 2.72. The summed E-state index contributed by atoms with van der Waals surface area (Å²) in [6.07, 6.45) is 2.72. The minimum atomic E-state index is -0.0994. The highest BCUT2D eigenvalue weighted by Crippen LogP contribution is 3.02. The molecule has 2 saturated heterocycles. The first-order chi connectivity index (χ1) is 5.45. The van der Waals surface area contributed by atoms with Gasteiger partial charge in [-0.05, 0) is 39.1 Å². The quantitative estimate of drug-likeness (QED) is 0.466. The van der Waals surface area contributed by atoms with Crippen LogP contribution in [-0.2, 0) is 0 Å². The van der Waals surface area contributed by atoms with Crippen molar-refractivity contribution in [3.05, 3.63) is 22.8 Å². The normalized spacial score (nSPS) is 80.0. The minimum Gasteiger partial charge on any atom is -0.0790 e. The van der Waals surface area contributed by atoms with Gasteiger partial charge in [0.25, 0.3) is 0 Å². The van der Waals surface area contributed by atoms with E-state index < -0.39 is 0 Å². The first-order valence-corrected chi connectivity index (χ1v) is 7.07. The van der Waals surface area contributed by atoms with Crippen molar-refractivity contribution in [2.75, 3.05) is 0 Å². The third kappa shape index (κ3) is 0.173. The summed E-state index contributed by atoms with van der Waals surface area (Å²) < 4.78 is 0. The third-order valence-electron chi connectivity index (χ3n) is 5.64. The van der Waals surface area contributed by atoms with Crippen LogP contribution in [0.5, 0.6) is 0 Å². The van der Waals surface area contributed by atoms with Crippen molar-refractivity contribution < 1.29 is 0 Å². The Bertz CT molecular complexity index is 424. The number of hydrogen-bond donors (Lipinski definition) is 0. The van der Waals surface area contributed by atoms with Crippen LogP contribution in [0.15, 0.2) is 22.8 Å². The lowest BCUT2D eigenvalue weighted by molar-refractivity contribution is 0.545. The molecule has 0 aromatic carbocycles. The topological polar surface area (TPSA) is 0 Å². The fraction of sp³-hybridized carbons (Fsp3) is 0.600. The van der Waals surface area contributed by atoms with Crippen molar-refractivity contribution in [2.45, 2.75) is 17.1 Å². The standard InChI is InChI=1S/C10H8Si/c1-3-6-7(3)8(6)10-4-2-11(5(1)10)9(4)10/h1,4-6,9,11H,2H2. The van der Waals surface area contributed by atoms with Gasteiger partial charge >= 0.3 is 0 Å². The summed E-state index contributed by atoms with van der Waals surface area (Å²) >= 11 is 0. The molecule has 6 unspecified atom stereocenters. The van der Waals surface area contributed by atoms with Crippen LogP contribution in [0, 0.1) is 17.3 Å². The molecule has 0 radical (unpaired) electrons. The predicted molar refractivity (Wildman–Crippen MR) is 44.0 cm³/mol. The van der Waals surface area contributed by atoms with E-state index >= 15 is 0 Å². The number of hydrogen-bond acceptors (Lipinski definition) is 0. The van der Waals surface area contributed by atoms with Gasteiger partial charge in [0.1, 0.15) is 0 Å². The van der Waals surface area contributed by atoms with Crippen LogP contribution < -0.4 is 0 Å². The molecule has 0 N–H and O–H groups in total. The Morgan fingerprint density at radius 2 is 2.45 bits per heavy atom. The molecule has 4 aliphatic carbocycles. The molecule has 0 amide bonds. The Morgan fingerprint density at radius 1 is 1.55 bits per heavy atom. The van der Waals surface area contributed by atoms with E-state index in [0.29, 0.717) is 0 Å². The highest BCUT2D eigenvalue weighted by molar-refractivity contribution is 6.74. The highest BCUT2D eigenvalue weighted by Gasteiger charge is 2.94. The van der Waals surface area contributed by atoms with E-state index in [1.54, 1.807) is 6.04 Å². The second kappa shape index (κ2) is 0.730. The Kier molecular flexibility index (Phi) is 0.271. The molecule has 1 heteroatoms. The fourth-order valence-electron chi connectivity index (χ4n) is 5.20. The van der Waals surface area contributed by atoms with Crippen molar-refractivity contribution in [3.63, 3.8) is 0 Å². The summed E-state index contributed by atoms with van der Waals surface area (Å²) in [5, 5.41) is 0. The van der Waals surface area contributed by atoms with Gasteiger partial charge in [0, 0.05) is 14.7 Å². The lowest BCUT2D eigenvalue weighted by atomic mass is 9.85. The van der Waals surface area contributed by atoms with E-state index in [-0.39, 0.29) is 8.80 Å². The molecule has 1 spiro atoms. The summed E-state index contributed by atoms with van der Waals surface area (Å²) in [6, 6.07) is 1.74. The monoisotopic (exact) mass is 156 g/mol. The summed E-state index contributed by atoms with van der Waals surface area (Å²) in [4.78, 5) is 0. The third-order valence-corrected chi connectivity index (χ3v) is 10.3. The Hall–Kier alpha value is -0.303. The van der Waals surface area contributed by atoms with E-state index in [1.807, 2.05) is 16.7 Å². The first kappa shape index (κ1) is 4.08. The lowest BCUT2D eigenvalue weighted by Gasteiger charge is -2.42. The average molecular weight is 156 g/mol. The molecule has 6 atom stereocenters. The van der Waals surface area contributed by atoms with Gasteiger partial charge in [0.05, 0.1) is 0 Å². The molecule has 0 bridgehead atoms. The molecule has 2 heterocycles.